The van der Waals surface area contributed by atoms with E-state index in [1.54, 1.807) is 0 Å². The number of benzene rings is 1. The molecule has 1 aromatic rings. The molecule has 0 aliphatic carbocycles. The molecule has 0 radical (unpaired) electrons. The van der Waals surface area contributed by atoms with Gasteiger partial charge in [-0.15, -0.1) is 24.0 Å². The molecule has 6 nitrogen and oxygen atoms in total. The lowest BCUT2D eigenvalue weighted by atomic mass is 9.99. The van der Waals surface area contributed by atoms with Gasteiger partial charge in [0.2, 0.25) is 0 Å². The van der Waals surface area contributed by atoms with Crippen molar-refractivity contribution in [2.45, 2.75) is 47.0 Å². The maximum atomic E-state index is 12.0. The van der Waals surface area contributed by atoms with Gasteiger partial charge in [-0.3, -0.25) is 4.79 Å². The van der Waals surface area contributed by atoms with Gasteiger partial charge in [0.25, 0.3) is 0 Å². The molecule has 1 fully saturated rings. The van der Waals surface area contributed by atoms with Gasteiger partial charge in [-0.05, 0) is 37.8 Å². The first kappa shape index (κ1) is 24.7. The van der Waals surface area contributed by atoms with Crippen molar-refractivity contribution in [1.82, 2.24) is 10.2 Å². The highest BCUT2D eigenvalue weighted by Gasteiger charge is 2.36. The second-order valence-corrected chi connectivity index (χ2v) is 7.36. The van der Waals surface area contributed by atoms with Gasteiger partial charge in [0, 0.05) is 19.6 Å². The molecule has 0 aromatic heterocycles. The van der Waals surface area contributed by atoms with Crippen molar-refractivity contribution < 1.29 is 14.3 Å². The Balaban J connectivity index is 0.00000392. The van der Waals surface area contributed by atoms with Crippen molar-refractivity contribution in [3.63, 3.8) is 0 Å². The number of esters is 1. The molecule has 158 valence electrons. The maximum absolute atomic E-state index is 12.0. The van der Waals surface area contributed by atoms with E-state index in [0.29, 0.717) is 19.7 Å². The molecule has 0 bridgehead atoms. The molecule has 2 atom stereocenters. The Morgan fingerprint density at radius 1 is 1.32 bits per heavy atom. The summed E-state index contributed by atoms with van der Waals surface area (Å²) in [7, 11) is 1.45. The molecule has 2 rings (SSSR count). The Morgan fingerprint density at radius 3 is 2.68 bits per heavy atom. The average molecular weight is 503 g/mol. The van der Waals surface area contributed by atoms with Gasteiger partial charge in [-0.2, -0.15) is 0 Å². The Morgan fingerprint density at radius 2 is 2.04 bits per heavy atom. The van der Waals surface area contributed by atoms with Gasteiger partial charge in [-0.25, -0.2) is 4.99 Å². The molecule has 7 heteroatoms. The van der Waals surface area contributed by atoms with Crippen LogP contribution in [0.25, 0.3) is 0 Å². The highest BCUT2D eigenvalue weighted by Crippen LogP contribution is 2.24. The number of likely N-dealkylation sites (tertiary alicyclic amines) is 1. The summed E-state index contributed by atoms with van der Waals surface area (Å²) in [5, 5.41) is 3.35. The van der Waals surface area contributed by atoms with Gasteiger partial charge < -0.3 is 19.7 Å². The lowest BCUT2D eigenvalue weighted by Crippen LogP contribution is -2.40. The number of nitrogens with zero attached hydrogens (tertiary/aromatic N) is 2. The number of hydrogen-bond acceptors (Lipinski definition) is 4. The van der Waals surface area contributed by atoms with E-state index in [9.17, 15) is 4.79 Å². The number of nitrogens with one attached hydrogen (secondary N) is 1. The molecule has 1 N–H and O–H groups in total. The van der Waals surface area contributed by atoms with E-state index >= 15 is 0 Å². The third kappa shape index (κ3) is 7.24. The quantitative estimate of drug-likeness (QED) is 0.268. The molecular formula is C21H34IN3O3. The molecule has 1 heterocycles. The molecular weight excluding hydrogens is 469 g/mol. The first-order valence-corrected chi connectivity index (χ1v) is 9.75. The molecule has 1 aromatic carbocycles. The predicted molar refractivity (Wildman–Crippen MR) is 123 cm³/mol. The average Bonchev–Trinajstić information content (AvgIpc) is 3.04. The van der Waals surface area contributed by atoms with Crippen LogP contribution in [0.2, 0.25) is 0 Å². The number of methoxy groups -OCH3 is 1. The number of carbonyl (C=O) groups is 1. The minimum atomic E-state index is -0.140. The van der Waals surface area contributed by atoms with Crippen LogP contribution in [0.15, 0.2) is 29.3 Å². The van der Waals surface area contributed by atoms with Crippen molar-refractivity contribution in [2.24, 2.45) is 16.8 Å². The summed E-state index contributed by atoms with van der Waals surface area (Å²) in [5.41, 5.74) is 2.30. The van der Waals surface area contributed by atoms with E-state index in [1.165, 1.54) is 7.11 Å². The summed E-state index contributed by atoms with van der Waals surface area (Å²) in [6.07, 6.45) is 0.215. The maximum Gasteiger partial charge on any atom is 0.310 e. The largest absolute Gasteiger partial charge is 0.469 e. The zero-order valence-corrected chi connectivity index (χ0v) is 19.9. The van der Waals surface area contributed by atoms with E-state index in [-0.39, 0.29) is 47.9 Å². The lowest BCUT2D eigenvalue weighted by Gasteiger charge is -2.21. The van der Waals surface area contributed by atoms with Crippen LogP contribution in [0.4, 0.5) is 0 Å². The normalized spacial score (nSPS) is 19.5. The number of guanidine groups is 1. The van der Waals surface area contributed by atoms with E-state index in [4.69, 9.17) is 14.5 Å². The van der Waals surface area contributed by atoms with Crippen molar-refractivity contribution in [2.75, 3.05) is 26.7 Å². The van der Waals surface area contributed by atoms with E-state index in [1.807, 2.05) is 19.9 Å². The predicted octanol–water partition coefficient (Wildman–Crippen LogP) is 3.44. The fourth-order valence-electron chi connectivity index (χ4n) is 3.27. The molecule has 1 aliphatic heterocycles. The van der Waals surface area contributed by atoms with Crippen LogP contribution in [0.5, 0.6) is 0 Å². The van der Waals surface area contributed by atoms with Gasteiger partial charge in [0.1, 0.15) is 0 Å². The number of rotatable bonds is 7. The van der Waals surface area contributed by atoms with Crippen LogP contribution < -0.4 is 5.32 Å². The fourth-order valence-corrected chi connectivity index (χ4v) is 3.27. The van der Waals surface area contributed by atoms with Crippen LogP contribution in [-0.4, -0.2) is 49.7 Å². The zero-order valence-electron chi connectivity index (χ0n) is 17.6. The Labute approximate surface area is 186 Å². The second-order valence-electron chi connectivity index (χ2n) is 7.36. The molecule has 1 aliphatic rings. The lowest BCUT2D eigenvalue weighted by molar-refractivity contribution is -0.145. The van der Waals surface area contributed by atoms with E-state index in [2.05, 4.69) is 42.3 Å². The minimum Gasteiger partial charge on any atom is -0.469 e. The van der Waals surface area contributed by atoms with Crippen molar-refractivity contribution >= 4 is 35.9 Å². The number of carbonyl (C=O) groups excluding carboxylic acids is 1. The SMILES string of the molecule is CCNC(=NCc1cccc(COC(C)C)c1)N1CC(C)C(C(=O)OC)C1.I. The van der Waals surface area contributed by atoms with Gasteiger partial charge >= 0.3 is 5.97 Å². The fraction of sp³-hybridized carbons (Fsp3) is 0.619. The molecule has 0 saturated carbocycles. The van der Waals surface area contributed by atoms with Crippen LogP contribution in [0, 0.1) is 11.8 Å². The Hall–Kier alpha value is -1.35. The number of ether oxygens (including phenoxy) is 2. The highest BCUT2D eigenvalue weighted by atomic mass is 127. The zero-order chi connectivity index (χ0) is 19.8. The monoisotopic (exact) mass is 503 g/mol. The Bertz CT molecular complexity index is 652. The second kappa shape index (κ2) is 12.3. The van der Waals surface area contributed by atoms with Crippen LogP contribution >= 0.6 is 24.0 Å². The third-order valence-corrected chi connectivity index (χ3v) is 4.74. The van der Waals surface area contributed by atoms with Crippen molar-refractivity contribution in [3.05, 3.63) is 35.4 Å². The summed E-state index contributed by atoms with van der Waals surface area (Å²) < 4.78 is 10.6. The van der Waals surface area contributed by atoms with E-state index < -0.39 is 0 Å². The molecule has 28 heavy (non-hydrogen) atoms. The van der Waals surface area contributed by atoms with Gasteiger partial charge in [-0.1, -0.05) is 31.2 Å². The third-order valence-electron chi connectivity index (χ3n) is 4.74. The van der Waals surface area contributed by atoms with Crippen molar-refractivity contribution in [3.8, 4) is 0 Å². The summed E-state index contributed by atoms with van der Waals surface area (Å²) in [6, 6.07) is 8.33. The summed E-state index contributed by atoms with van der Waals surface area (Å²) >= 11 is 0. The molecule has 2 unspecified atom stereocenters. The minimum absolute atomic E-state index is 0. The standard InChI is InChI=1S/C21H33N3O3.HI/c1-6-22-21(24-12-16(4)19(13-24)20(25)26-5)23-11-17-8-7-9-18(10-17)14-27-15(2)3;/h7-10,15-16,19H,6,11-14H2,1-5H3,(H,22,23);1H. The number of hydrogen-bond donors (Lipinski definition) is 1. The number of halogens is 1. The van der Waals surface area contributed by atoms with Crippen molar-refractivity contribution in [1.29, 1.82) is 0 Å². The Kier molecular flexibility index (Phi) is 10.8. The summed E-state index contributed by atoms with van der Waals surface area (Å²) in [4.78, 5) is 18.9. The molecule has 1 saturated heterocycles. The van der Waals surface area contributed by atoms with Crippen LogP contribution in [0.3, 0.4) is 0 Å². The summed E-state index contributed by atoms with van der Waals surface area (Å²) in [5.74, 6) is 0.853. The topological polar surface area (TPSA) is 63.2 Å². The number of aliphatic imine (C=N–C) groups is 1. The van der Waals surface area contributed by atoms with Crippen LogP contribution in [0.1, 0.15) is 38.8 Å². The van der Waals surface area contributed by atoms with Gasteiger partial charge in [0.05, 0.1) is 32.3 Å². The first-order valence-electron chi connectivity index (χ1n) is 9.75. The summed E-state index contributed by atoms with van der Waals surface area (Å²) in [6.45, 7) is 11.6. The van der Waals surface area contributed by atoms with Crippen LogP contribution in [-0.2, 0) is 27.4 Å². The van der Waals surface area contributed by atoms with Gasteiger partial charge in [0.15, 0.2) is 5.96 Å². The first-order chi connectivity index (χ1) is 12.9. The smallest absolute Gasteiger partial charge is 0.310 e. The highest BCUT2D eigenvalue weighted by molar-refractivity contribution is 14.0. The molecule has 0 amide bonds. The molecule has 0 spiro atoms. The van der Waals surface area contributed by atoms with E-state index in [0.717, 1.165) is 30.2 Å².